The van der Waals surface area contributed by atoms with Gasteiger partial charge < -0.3 is 10.1 Å². The van der Waals surface area contributed by atoms with Crippen LogP contribution < -0.4 is 10.1 Å². The van der Waals surface area contributed by atoms with Crippen molar-refractivity contribution in [3.63, 3.8) is 0 Å². The number of carbonyl (C=O) groups is 1. The highest BCUT2D eigenvalue weighted by atomic mass is 16.5. The van der Waals surface area contributed by atoms with Crippen molar-refractivity contribution in [1.29, 1.82) is 0 Å². The number of nitrogens with one attached hydrogen (secondary N) is 1. The lowest BCUT2D eigenvalue weighted by Gasteiger charge is -2.13. The summed E-state index contributed by atoms with van der Waals surface area (Å²) in [5, 5.41) is 7.53. The van der Waals surface area contributed by atoms with Crippen LogP contribution in [0, 0.1) is 0 Å². The van der Waals surface area contributed by atoms with Crippen LogP contribution in [0.3, 0.4) is 0 Å². The van der Waals surface area contributed by atoms with E-state index in [9.17, 15) is 4.79 Å². The Bertz CT molecular complexity index is 1170. The van der Waals surface area contributed by atoms with Gasteiger partial charge in [-0.3, -0.25) is 9.78 Å². The summed E-state index contributed by atoms with van der Waals surface area (Å²) in [5.41, 5.74) is 1.10. The molecule has 0 saturated heterocycles. The highest BCUT2D eigenvalue weighted by molar-refractivity contribution is 6.04. The van der Waals surface area contributed by atoms with Crippen molar-refractivity contribution in [3.05, 3.63) is 84.6 Å². The zero-order valence-corrected chi connectivity index (χ0v) is 17.5. The normalized spacial score (nSPS) is 11.2. The Hall–Kier alpha value is -4.07. The Morgan fingerprint density at radius 2 is 1.71 bits per heavy atom. The first-order valence-corrected chi connectivity index (χ1v) is 9.77. The number of benzene rings is 1. The van der Waals surface area contributed by atoms with Crippen LogP contribution in [0.25, 0.3) is 5.95 Å². The maximum atomic E-state index is 12.9. The number of rotatable bonds is 5. The minimum Gasteiger partial charge on any atom is -0.456 e. The summed E-state index contributed by atoms with van der Waals surface area (Å²) < 4.78 is 7.26. The molecule has 3 aromatic heterocycles. The monoisotopic (exact) mass is 414 g/mol. The zero-order chi connectivity index (χ0) is 21.8. The van der Waals surface area contributed by atoms with Crippen LogP contribution >= 0.6 is 0 Å². The first kappa shape index (κ1) is 20.2. The molecular weight excluding hydrogens is 392 g/mol. The molecule has 0 fully saturated rings. The minimum absolute atomic E-state index is 0.204. The second kappa shape index (κ2) is 8.35. The molecule has 156 valence electrons. The fraction of sp³-hybridized carbons (Fsp3) is 0.174. The smallest absolute Gasteiger partial charge is 0.256 e. The largest absolute Gasteiger partial charge is 0.456 e. The predicted molar refractivity (Wildman–Crippen MR) is 117 cm³/mol. The zero-order valence-electron chi connectivity index (χ0n) is 17.5. The summed E-state index contributed by atoms with van der Waals surface area (Å²) in [5.74, 6) is 1.85. The SMILES string of the molecule is CC(C)(C)c1cc(NC(=O)c2ccc(Oc3cccnc3)cc2)n(-c2ncccn2)n1. The lowest BCUT2D eigenvalue weighted by atomic mass is 9.92. The molecule has 0 aliphatic rings. The van der Waals surface area contributed by atoms with E-state index < -0.39 is 0 Å². The van der Waals surface area contributed by atoms with Gasteiger partial charge >= 0.3 is 0 Å². The first-order chi connectivity index (χ1) is 14.9. The predicted octanol–water partition coefficient (Wildman–Crippen LogP) is 4.40. The van der Waals surface area contributed by atoms with Gasteiger partial charge in [0.05, 0.1) is 11.9 Å². The molecule has 3 heterocycles. The summed E-state index contributed by atoms with van der Waals surface area (Å²) in [7, 11) is 0. The molecule has 31 heavy (non-hydrogen) atoms. The fourth-order valence-electron chi connectivity index (χ4n) is 2.80. The van der Waals surface area contributed by atoms with Gasteiger partial charge in [-0.15, -0.1) is 0 Å². The number of amides is 1. The highest BCUT2D eigenvalue weighted by Crippen LogP contribution is 2.26. The summed E-state index contributed by atoms with van der Waals surface area (Å²) in [4.78, 5) is 25.4. The number of aromatic nitrogens is 5. The van der Waals surface area contributed by atoms with Gasteiger partial charge in [0.1, 0.15) is 17.3 Å². The Kier molecular flexibility index (Phi) is 5.44. The van der Waals surface area contributed by atoms with Crippen LogP contribution in [0.5, 0.6) is 11.5 Å². The van der Waals surface area contributed by atoms with Crippen LogP contribution in [0.15, 0.2) is 73.3 Å². The average Bonchev–Trinajstić information content (AvgIpc) is 3.20. The number of hydrogen-bond donors (Lipinski definition) is 1. The molecule has 1 N–H and O–H groups in total. The van der Waals surface area contributed by atoms with Gasteiger partial charge in [0.2, 0.25) is 0 Å². The Morgan fingerprint density at radius 1 is 0.968 bits per heavy atom. The Balaban J connectivity index is 1.56. The molecule has 0 unspecified atom stereocenters. The first-order valence-electron chi connectivity index (χ1n) is 9.77. The second-order valence-corrected chi connectivity index (χ2v) is 7.89. The lowest BCUT2D eigenvalue weighted by Crippen LogP contribution is -2.16. The van der Waals surface area contributed by atoms with E-state index in [0.29, 0.717) is 28.8 Å². The van der Waals surface area contributed by atoms with E-state index in [0.717, 1.165) is 5.69 Å². The van der Waals surface area contributed by atoms with Crippen molar-refractivity contribution >= 4 is 11.7 Å². The summed E-state index contributed by atoms with van der Waals surface area (Å²) in [6.45, 7) is 6.16. The molecular formula is C23H22N6O2. The Labute approximate surface area is 180 Å². The topological polar surface area (TPSA) is 94.8 Å². The third kappa shape index (κ3) is 4.75. The fourth-order valence-corrected chi connectivity index (χ4v) is 2.80. The summed E-state index contributed by atoms with van der Waals surface area (Å²) in [6, 6.07) is 14.0. The van der Waals surface area contributed by atoms with Gasteiger partial charge in [-0.1, -0.05) is 20.8 Å². The summed E-state index contributed by atoms with van der Waals surface area (Å²) in [6.07, 6.45) is 6.57. The van der Waals surface area contributed by atoms with Gasteiger partial charge in [0.15, 0.2) is 0 Å². The molecule has 0 aliphatic heterocycles. The van der Waals surface area contributed by atoms with E-state index in [1.54, 1.807) is 65.9 Å². The number of nitrogens with zero attached hydrogens (tertiary/aromatic N) is 5. The lowest BCUT2D eigenvalue weighted by molar-refractivity contribution is 0.102. The standard InChI is InChI=1S/C23H22N6O2/c1-23(2,3)19-14-20(29(28-19)22-25-12-5-13-26-22)27-21(30)16-7-9-17(10-8-16)31-18-6-4-11-24-15-18/h4-15H,1-3H3,(H,27,30). The number of anilines is 1. The van der Waals surface area contributed by atoms with E-state index in [1.165, 1.54) is 0 Å². The molecule has 8 nitrogen and oxygen atoms in total. The number of pyridine rings is 1. The molecule has 4 aromatic rings. The molecule has 0 atom stereocenters. The van der Waals surface area contributed by atoms with Crippen LogP contribution in [-0.4, -0.2) is 30.6 Å². The quantitative estimate of drug-likeness (QED) is 0.520. The number of carbonyl (C=O) groups excluding carboxylic acids is 1. The molecule has 0 saturated carbocycles. The third-order valence-electron chi connectivity index (χ3n) is 4.45. The van der Waals surface area contributed by atoms with Gasteiger partial charge in [-0.2, -0.15) is 9.78 Å². The second-order valence-electron chi connectivity index (χ2n) is 7.89. The van der Waals surface area contributed by atoms with E-state index in [1.807, 2.05) is 12.1 Å². The van der Waals surface area contributed by atoms with Gasteiger partial charge in [-0.05, 0) is 42.5 Å². The van der Waals surface area contributed by atoms with Crippen LogP contribution in [0.1, 0.15) is 36.8 Å². The minimum atomic E-state index is -0.273. The van der Waals surface area contributed by atoms with Crippen molar-refractivity contribution in [3.8, 4) is 17.4 Å². The molecule has 0 aliphatic carbocycles. The highest BCUT2D eigenvalue weighted by Gasteiger charge is 2.22. The molecule has 8 heteroatoms. The van der Waals surface area contributed by atoms with E-state index >= 15 is 0 Å². The van der Waals surface area contributed by atoms with Crippen molar-refractivity contribution in [2.45, 2.75) is 26.2 Å². The van der Waals surface area contributed by atoms with Crippen molar-refractivity contribution in [2.24, 2.45) is 0 Å². The van der Waals surface area contributed by atoms with Gasteiger partial charge in [0.25, 0.3) is 11.9 Å². The van der Waals surface area contributed by atoms with Crippen molar-refractivity contribution in [2.75, 3.05) is 5.32 Å². The third-order valence-corrected chi connectivity index (χ3v) is 4.45. The van der Waals surface area contributed by atoms with E-state index in [2.05, 4.69) is 46.1 Å². The van der Waals surface area contributed by atoms with Crippen LogP contribution in [-0.2, 0) is 5.41 Å². The van der Waals surface area contributed by atoms with E-state index in [4.69, 9.17) is 4.74 Å². The molecule has 0 spiro atoms. The van der Waals surface area contributed by atoms with Gasteiger partial charge in [-0.25, -0.2) is 9.97 Å². The van der Waals surface area contributed by atoms with Crippen LogP contribution in [0.2, 0.25) is 0 Å². The van der Waals surface area contributed by atoms with Gasteiger partial charge in [0, 0.05) is 35.6 Å². The average molecular weight is 414 g/mol. The van der Waals surface area contributed by atoms with E-state index in [-0.39, 0.29) is 11.3 Å². The van der Waals surface area contributed by atoms with Crippen molar-refractivity contribution in [1.82, 2.24) is 24.7 Å². The van der Waals surface area contributed by atoms with Crippen LogP contribution in [0.4, 0.5) is 5.82 Å². The maximum Gasteiger partial charge on any atom is 0.256 e. The number of hydrogen-bond acceptors (Lipinski definition) is 6. The Morgan fingerprint density at radius 3 is 2.35 bits per heavy atom. The number of ether oxygens (including phenoxy) is 1. The molecule has 4 rings (SSSR count). The maximum absolute atomic E-state index is 12.9. The molecule has 0 radical (unpaired) electrons. The van der Waals surface area contributed by atoms with Crippen molar-refractivity contribution < 1.29 is 9.53 Å². The molecule has 1 amide bonds. The molecule has 0 bridgehead atoms. The summed E-state index contributed by atoms with van der Waals surface area (Å²) >= 11 is 0. The molecule has 1 aromatic carbocycles.